The van der Waals surface area contributed by atoms with Crippen molar-refractivity contribution in [2.24, 2.45) is 0 Å². The zero-order valence-electron chi connectivity index (χ0n) is 30.1. The molecule has 0 aliphatic rings. The van der Waals surface area contributed by atoms with Gasteiger partial charge in [0.2, 0.25) is 0 Å². The molecule has 3 aromatic heterocycles. The minimum absolute atomic E-state index is 0.598. The Morgan fingerprint density at radius 1 is 0.339 bits per heavy atom. The van der Waals surface area contributed by atoms with E-state index in [4.69, 9.17) is 19.4 Å². The molecule has 0 saturated carbocycles. The van der Waals surface area contributed by atoms with Gasteiger partial charge < -0.3 is 4.42 Å². The third kappa shape index (κ3) is 5.56. The second-order valence-electron chi connectivity index (χ2n) is 14.0. The molecule has 11 rings (SSSR count). The Kier molecular flexibility index (Phi) is 7.64. The molecule has 0 amide bonds. The number of thiophene rings is 1. The lowest BCUT2D eigenvalue weighted by Crippen LogP contribution is -2.00. The van der Waals surface area contributed by atoms with Gasteiger partial charge in [0.15, 0.2) is 17.5 Å². The number of hydrogen-bond acceptors (Lipinski definition) is 5. The molecule has 0 aliphatic heterocycles. The summed E-state index contributed by atoms with van der Waals surface area (Å²) in [5.74, 6) is 1.84. The van der Waals surface area contributed by atoms with Gasteiger partial charge >= 0.3 is 0 Å². The fourth-order valence-electron chi connectivity index (χ4n) is 7.80. The smallest absolute Gasteiger partial charge is 0.164 e. The van der Waals surface area contributed by atoms with Crippen molar-refractivity contribution in [3.63, 3.8) is 0 Å². The number of aromatic nitrogens is 3. The molecule has 0 saturated heterocycles. The van der Waals surface area contributed by atoms with Gasteiger partial charge in [-0.05, 0) is 64.2 Å². The lowest BCUT2D eigenvalue weighted by atomic mass is 9.95. The number of rotatable bonds is 6. The first kappa shape index (κ1) is 32.2. The summed E-state index contributed by atoms with van der Waals surface area (Å²) in [5, 5.41) is 4.54. The number of fused-ring (bicyclic) bond motifs is 6. The zero-order valence-corrected chi connectivity index (χ0v) is 30.9. The van der Waals surface area contributed by atoms with Crippen LogP contribution in [0.15, 0.2) is 192 Å². The standard InChI is InChI=1S/C51H31N3OS/c1-4-13-32(14-5-1)33-23-25-36(26-24-33)50-52-49(35-17-8-3-9-18-35)53-51(54-50)41-20-12-21-44-47(41)40-28-27-37(31-45(40)55-44)38-29-42(34-15-6-2-7-16-34)48-43(30-38)39-19-10-11-22-46(39)56-48/h1-31H. The van der Waals surface area contributed by atoms with E-state index in [1.54, 1.807) is 0 Å². The van der Waals surface area contributed by atoms with Crippen molar-refractivity contribution in [3.8, 4) is 67.5 Å². The molecule has 4 nitrogen and oxygen atoms in total. The largest absolute Gasteiger partial charge is 0.456 e. The maximum absolute atomic E-state index is 6.65. The molecule has 0 radical (unpaired) electrons. The molecule has 262 valence electrons. The maximum atomic E-state index is 6.65. The Balaban J connectivity index is 1.06. The predicted molar refractivity (Wildman–Crippen MR) is 233 cm³/mol. The highest BCUT2D eigenvalue weighted by atomic mass is 32.1. The molecular weight excluding hydrogens is 703 g/mol. The van der Waals surface area contributed by atoms with Gasteiger partial charge in [-0.1, -0.05) is 152 Å². The molecule has 8 aromatic carbocycles. The van der Waals surface area contributed by atoms with Gasteiger partial charge in [-0.15, -0.1) is 11.3 Å². The molecule has 0 fully saturated rings. The van der Waals surface area contributed by atoms with E-state index in [0.717, 1.165) is 55.3 Å². The van der Waals surface area contributed by atoms with Gasteiger partial charge in [0.1, 0.15) is 11.2 Å². The quantitative estimate of drug-likeness (QED) is 0.171. The van der Waals surface area contributed by atoms with Crippen molar-refractivity contribution in [1.82, 2.24) is 15.0 Å². The van der Waals surface area contributed by atoms with Gasteiger partial charge in [0, 0.05) is 53.2 Å². The fourth-order valence-corrected chi connectivity index (χ4v) is 9.02. The Morgan fingerprint density at radius 3 is 1.68 bits per heavy atom. The Labute approximate surface area is 327 Å². The van der Waals surface area contributed by atoms with E-state index in [0.29, 0.717) is 17.5 Å². The van der Waals surface area contributed by atoms with Gasteiger partial charge in [-0.25, -0.2) is 15.0 Å². The van der Waals surface area contributed by atoms with Crippen LogP contribution < -0.4 is 0 Å². The number of furan rings is 1. The average Bonchev–Trinajstić information content (AvgIpc) is 3.85. The first-order valence-electron chi connectivity index (χ1n) is 18.7. The molecule has 3 heterocycles. The summed E-state index contributed by atoms with van der Waals surface area (Å²) in [5.41, 5.74) is 11.3. The second kappa shape index (κ2) is 13.3. The summed E-state index contributed by atoms with van der Waals surface area (Å²) in [6.45, 7) is 0. The fraction of sp³-hybridized carbons (Fsp3) is 0. The number of hydrogen-bond donors (Lipinski definition) is 0. The van der Waals surface area contributed by atoms with Crippen LogP contribution in [-0.4, -0.2) is 15.0 Å². The number of nitrogens with zero attached hydrogens (tertiary/aromatic N) is 3. The SMILES string of the molecule is c1ccc(-c2ccc(-c3nc(-c4ccccc4)nc(-c4cccc5oc6cc(-c7cc(-c8ccccc8)c8sc9ccccc9c8c7)ccc6c45)n3)cc2)cc1. The van der Waals surface area contributed by atoms with Crippen LogP contribution in [0.2, 0.25) is 0 Å². The summed E-state index contributed by atoms with van der Waals surface area (Å²) in [7, 11) is 0. The highest BCUT2D eigenvalue weighted by molar-refractivity contribution is 7.26. The molecule has 0 atom stereocenters. The Bertz CT molecular complexity index is 3230. The van der Waals surface area contributed by atoms with Crippen LogP contribution in [0.5, 0.6) is 0 Å². The van der Waals surface area contributed by atoms with E-state index >= 15 is 0 Å². The first-order valence-corrected chi connectivity index (χ1v) is 19.5. The van der Waals surface area contributed by atoms with Crippen LogP contribution >= 0.6 is 11.3 Å². The molecule has 0 spiro atoms. The minimum atomic E-state index is 0.598. The zero-order chi connectivity index (χ0) is 37.0. The van der Waals surface area contributed by atoms with Crippen molar-refractivity contribution in [2.45, 2.75) is 0 Å². The minimum Gasteiger partial charge on any atom is -0.456 e. The lowest BCUT2D eigenvalue weighted by Gasteiger charge is -2.10. The summed E-state index contributed by atoms with van der Waals surface area (Å²) < 4.78 is 9.24. The van der Waals surface area contributed by atoms with Gasteiger partial charge in [0.05, 0.1) is 0 Å². The summed E-state index contributed by atoms with van der Waals surface area (Å²) in [4.78, 5) is 15.2. The van der Waals surface area contributed by atoms with E-state index in [9.17, 15) is 0 Å². The highest BCUT2D eigenvalue weighted by Gasteiger charge is 2.19. The van der Waals surface area contributed by atoms with Crippen molar-refractivity contribution >= 4 is 53.4 Å². The van der Waals surface area contributed by atoms with Crippen LogP contribution in [0.3, 0.4) is 0 Å². The van der Waals surface area contributed by atoms with Gasteiger partial charge in [0.25, 0.3) is 0 Å². The van der Waals surface area contributed by atoms with Crippen LogP contribution in [-0.2, 0) is 0 Å². The summed E-state index contributed by atoms with van der Waals surface area (Å²) in [6.07, 6.45) is 0. The first-order chi connectivity index (χ1) is 27.7. The van der Waals surface area contributed by atoms with Crippen LogP contribution in [0.1, 0.15) is 0 Å². The van der Waals surface area contributed by atoms with Crippen LogP contribution in [0.25, 0.3) is 110 Å². The van der Waals surface area contributed by atoms with Gasteiger partial charge in [-0.3, -0.25) is 0 Å². The third-order valence-corrected chi connectivity index (χ3v) is 11.8. The molecule has 56 heavy (non-hydrogen) atoms. The van der Waals surface area contributed by atoms with E-state index in [1.807, 2.05) is 59.9 Å². The molecule has 11 aromatic rings. The van der Waals surface area contributed by atoms with Crippen LogP contribution in [0.4, 0.5) is 0 Å². The topological polar surface area (TPSA) is 51.8 Å². The van der Waals surface area contributed by atoms with E-state index < -0.39 is 0 Å². The molecular formula is C51H31N3OS. The van der Waals surface area contributed by atoms with Crippen molar-refractivity contribution < 1.29 is 4.42 Å². The van der Waals surface area contributed by atoms with Crippen molar-refractivity contribution in [3.05, 3.63) is 188 Å². The highest BCUT2D eigenvalue weighted by Crippen LogP contribution is 2.44. The van der Waals surface area contributed by atoms with Crippen molar-refractivity contribution in [2.75, 3.05) is 0 Å². The summed E-state index contributed by atoms with van der Waals surface area (Å²) in [6, 6.07) is 65.6. The second-order valence-corrected chi connectivity index (χ2v) is 15.0. The average molecular weight is 734 g/mol. The molecule has 0 aliphatic carbocycles. The Hall–Kier alpha value is -7.21. The summed E-state index contributed by atoms with van der Waals surface area (Å²) >= 11 is 1.86. The lowest BCUT2D eigenvalue weighted by molar-refractivity contribution is 0.669. The van der Waals surface area contributed by atoms with Crippen molar-refractivity contribution in [1.29, 1.82) is 0 Å². The molecule has 0 N–H and O–H groups in total. The predicted octanol–water partition coefficient (Wildman–Crippen LogP) is 14.1. The normalized spacial score (nSPS) is 11.6. The monoisotopic (exact) mass is 733 g/mol. The van der Waals surface area contributed by atoms with Gasteiger partial charge in [-0.2, -0.15) is 0 Å². The van der Waals surface area contributed by atoms with E-state index in [2.05, 4.69) is 140 Å². The third-order valence-electron chi connectivity index (χ3n) is 10.6. The Morgan fingerprint density at radius 2 is 0.929 bits per heavy atom. The maximum Gasteiger partial charge on any atom is 0.164 e. The molecule has 0 bridgehead atoms. The van der Waals surface area contributed by atoms with Crippen LogP contribution in [0, 0.1) is 0 Å². The molecule has 5 heteroatoms. The number of benzene rings is 8. The van der Waals surface area contributed by atoms with E-state index in [1.165, 1.54) is 36.9 Å². The van der Waals surface area contributed by atoms with E-state index in [-0.39, 0.29) is 0 Å². The molecule has 0 unspecified atom stereocenters.